The molecule has 0 radical (unpaired) electrons. The smallest absolute Gasteiger partial charge is 0.0621 e. The van der Waals surface area contributed by atoms with E-state index in [1.807, 2.05) is 0 Å². The van der Waals surface area contributed by atoms with Crippen LogP contribution in [0.4, 0.5) is 0 Å². The van der Waals surface area contributed by atoms with Gasteiger partial charge in [0.25, 0.3) is 0 Å². The fourth-order valence-corrected chi connectivity index (χ4v) is 3.57. The molecule has 16 heavy (non-hydrogen) atoms. The molecule has 0 spiro atoms. The van der Waals surface area contributed by atoms with Crippen LogP contribution in [0.3, 0.4) is 0 Å². The summed E-state index contributed by atoms with van der Waals surface area (Å²) in [5, 5.41) is 3.83. The molecular weight excluding hydrogens is 198 g/mol. The average Bonchev–Trinajstić information content (AvgIpc) is 2.93. The van der Waals surface area contributed by atoms with Crippen molar-refractivity contribution < 1.29 is 4.74 Å². The standard InChI is InChI=1S/C14H25NO/c1-2-3-13(10-4-5-10)15-9-11-8-12-6-7-14(11)16-12/h10-15H,2-9H2,1H3. The first-order valence-electron chi connectivity index (χ1n) is 7.25. The van der Waals surface area contributed by atoms with E-state index in [2.05, 4.69) is 12.2 Å². The van der Waals surface area contributed by atoms with E-state index in [9.17, 15) is 0 Å². The highest BCUT2D eigenvalue weighted by Gasteiger charge is 2.41. The van der Waals surface area contributed by atoms with Crippen LogP contribution >= 0.6 is 0 Å². The summed E-state index contributed by atoms with van der Waals surface area (Å²) in [5.74, 6) is 1.82. The molecule has 4 atom stereocenters. The predicted octanol–water partition coefficient (Wildman–Crippen LogP) is 2.72. The molecule has 2 heterocycles. The molecule has 2 nitrogen and oxygen atoms in total. The highest BCUT2D eigenvalue weighted by molar-refractivity contribution is 4.92. The van der Waals surface area contributed by atoms with Gasteiger partial charge in [0.05, 0.1) is 12.2 Å². The minimum Gasteiger partial charge on any atom is -0.375 e. The second kappa shape index (κ2) is 4.66. The van der Waals surface area contributed by atoms with Crippen molar-refractivity contribution in [3.05, 3.63) is 0 Å². The van der Waals surface area contributed by atoms with Gasteiger partial charge in [0.2, 0.25) is 0 Å². The van der Waals surface area contributed by atoms with Crippen LogP contribution in [0.2, 0.25) is 0 Å². The van der Waals surface area contributed by atoms with Gasteiger partial charge in [0.15, 0.2) is 0 Å². The molecule has 2 saturated heterocycles. The Bertz CT molecular complexity index is 237. The van der Waals surface area contributed by atoms with Gasteiger partial charge in [-0.2, -0.15) is 0 Å². The molecule has 3 rings (SSSR count). The van der Waals surface area contributed by atoms with E-state index in [4.69, 9.17) is 4.74 Å². The van der Waals surface area contributed by atoms with Crippen LogP contribution in [0, 0.1) is 11.8 Å². The molecular formula is C14H25NO. The highest BCUT2D eigenvalue weighted by atomic mass is 16.5. The van der Waals surface area contributed by atoms with Gasteiger partial charge in [0.1, 0.15) is 0 Å². The van der Waals surface area contributed by atoms with Crippen LogP contribution in [-0.2, 0) is 4.74 Å². The molecule has 4 unspecified atom stereocenters. The first kappa shape index (κ1) is 11.0. The van der Waals surface area contributed by atoms with Gasteiger partial charge in [-0.1, -0.05) is 13.3 Å². The van der Waals surface area contributed by atoms with Gasteiger partial charge in [-0.05, 0) is 44.4 Å². The van der Waals surface area contributed by atoms with E-state index < -0.39 is 0 Å². The predicted molar refractivity (Wildman–Crippen MR) is 65.4 cm³/mol. The number of hydrogen-bond donors (Lipinski definition) is 1. The summed E-state index contributed by atoms with van der Waals surface area (Å²) in [6.45, 7) is 3.51. The monoisotopic (exact) mass is 223 g/mol. The lowest BCUT2D eigenvalue weighted by molar-refractivity contribution is 0.0917. The Kier molecular flexibility index (Phi) is 3.21. The number of hydrogen-bond acceptors (Lipinski definition) is 2. The van der Waals surface area contributed by atoms with E-state index in [1.54, 1.807) is 0 Å². The van der Waals surface area contributed by atoms with Crippen molar-refractivity contribution in [3.8, 4) is 0 Å². The lowest BCUT2D eigenvalue weighted by Gasteiger charge is -2.23. The van der Waals surface area contributed by atoms with Crippen molar-refractivity contribution in [1.29, 1.82) is 0 Å². The Morgan fingerprint density at radius 3 is 2.69 bits per heavy atom. The fraction of sp³-hybridized carbons (Fsp3) is 1.00. The van der Waals surface area contributed by atoms with Gasteiger partial charge in [0, 0.05) is 18.5 Å². The second-order valence-corrected chi connectivity index (χ2v) is 6.01. The summed E-state index contributed by atoms with van der Waals surface area (Å²) in [6, 6.07) is 0.809. The Morgan fingerprint density at radius 1 is 1.25 bits per heavy atom. The van der Waals surface area contributed by atoms with E-state index in [-0.39, 0.29) is 0 Å². The van der Waals surface area contributed by atoms with Crippen LogP contribution in [0.15, 0.2) is 0 Å². The number of rotatable bonds is 6. The average molecular weight is 223 g/mol. The van der Waals surface area contributed by atoms with Crippen molar-refractivity contribution in [2.45, 2.75) is 70.1 Å². The minimum atomic E-state index is 0.596. The molecule has 2 aliphatic heterocycles. The fourth-order valence-electron chi connectivity index (χ4n) is 3.57. The molecule has 3 aliphatic rings. The molecule has 92 valence electrons. The maximum Gasteiger partial charge on any atom is 0.0621 e. The number of nitrogens with one attached hydrogen (secondary N) is 1. The van der Waals surface area contributed by atoms with E-state index in [0.29, 0.717) is 12.2 Å². The van der Waals surface area contributed by atoms with Gasteiger partial charge >= 0.3 is 0 Å². The lowest BCUT2D eigenvalue weighted by Crippen LogP contribution is -2.37. The van der Waals surface area contributed by atoms with Crippen molar-refractivity contribution in [2.75, 3.05) is 6.54 Å². The molecule has 0 aromatic carbocycles. The first-order valence-corrected chi connectivity index (χ1v) is 7.25. The van der Waals surface area contributed by atoms with Crippen LogP contribution in [0.25, 0.3) is 0 Å². The Hall–Kier alpha value is -0.0800. The molecule has 3 fully saturated rings. The Balaban J connectivity index is 1.44. The zero-order chi connectivity index (χ0) is 11.0. The maximum absolute atomic E-state index is 5.91. The van der Waals surface area contributed by atoms with Crippen LogP contribution < -0.4 is 5.32 Å². The quantitative estimate of drug-likeness (QED) is 0.747. The van der Waals surface area contributed by atoms with E-state index >= 15 is 0 Å². The zero-order valence-electron chi connectivity index (χ0n) is 10.5. The molecule has 2 bridgehead atoms. The third kappa shape index (κ3) is 2.28. The number of ether oxygens (including phenoxy) is 1. The zero-order valence-corrected chi connectivity index (χ0v) is 10.5. The van der Waals surface area contributed by atoms with Crippen LogP contribution in [0.5, 0.6) is 0 Å². The Morgan fingerprint density at radius 2 is 2.12 bits per heavy atom. The summed E-state index contributed by atoms with van der Waals surface area (Å²) < 4.78 is 5.91. The summed E-state index contributed by atoms with van der Waals surface area (Å²) in [7, 11) is 0. The van der Waals surface area contributed by atoms with E-state index in [1.165, 1.54) is 51.5 Å². The molecule has 0 aromatic rings. The SMILES string of the molecule is CCCC(NCC1CC2CCC1O2)C1CC1. The third-order valence-electron chi connectivity index (χ3n) is 4.66. The molecule has 1 aliphatic carbocycles. The largest absolute Gasteiger partial charge is 0.375 e. The summed E-state index contributed by atoms with van der Waals surface area (Å²) in [4.78, 5) is 0. The highest BCUT2D eigenvalue weighted by Crippen LogP contribution is 2.39. The van der Waals surface area contributed by atoms with Gasteiger partial charge in [-0.15, -0.1) is 0 Å². The first-order chi connectivity index (χ1) is 7.86. The Labute approximate surface area is 99.1 Å². The number of fused-ring (bicyclic) bond motifs is 2. The van der Waals surface area contributed by atoms with Crippen molar-refractivity contribution in [2.24, 2.45) is 11.8 Å². The minimum absolute atomic E-state index is 0.596. The molecule has 1 N–H and O–H groups in total. The second-order valence-electron chi connectivity index (χ2n) is 6.01. The van der Waals surface area contributed by atoms with Crippen molar-refractivity contribution in [1.82, 2.24) is 5.32 Å². The van der Waals surface area contributed by atoms with Gasteiger partial charge in [-0.3, -0.25) is 0 Å². The summed E-state index contributed by atoms with van der Waals surface area (Å²) in [5.41, 5.74) is 0. The lowest BCUT2D eigenvalue weighted by atomic mass is 9.89. The molecule has 0 amide bonds. The van der Waals surface area contributed by atoms with Crippen molar-refractivity contribution >= 4 is 0 Å². The van der Waals surface area contributed by atoms with Crippen LogP contribution in [-0.4, -0.2) is 24.8 Å². The molecule has 0 aromatic heterocycles. The third-order valence-corrected chi connectivity index (χ3v) is 4.66. The molecule has 2 heteroatoms. The van der Waals surface area contributed by atoms with Crippen LogP contribution in [0.1, 0.15) is 51.9 Å². The maximum atomic E-state index is 5.91. The molecule has 1 saturated carbocycles. The van der Waals surface area contributed by atoms with Gasteiger partial charge < -0.3 is 10.1 Å². The summed E-state index contributed by atoms with van der Waals surface area (Å²) >= 11 is 0. The normalized spacial score (nSPS) is 39.2. The van der Waals surface area contributed by atoms with E-state index in [0.717, 1.165) is 17.9 Å². The topological polar surface area (TPSA) is 21.3 Å². The van der Waals surface area contributed by atoms with Gasteiger partial charge in [-0.25, -0.2) is 0 Å². The van der Waals surface area contributed by atoms with Crippen molar-refractivity contribution in [3.63, 3.8) is 0 Å². The summed E-state index contributed by atoms with van der Waals surface area (Å²) in [6.07, 6.45) is 10.8.